The minimum Gasteiger partial charge on any atom is -0.469 e. The van der Waals surface area contributed by atoms with Gasteiger partial charge in [-0.3, -0.25) is 0 Å². The molecule has 122 valence electrons. The predicted octanol–water partition coefficient (Wildman–Crippen LogP) is 3.83. The van der Waals surface area contributed by atoms with Crippen LogP contribution in [0, 0.1) is 5.92 Å². The van der Waals surface area contributed by atoms with Crippen LogP contribution in [0.25, 0.3) is 0 Å². The summed E-state index contributed by atoms with van der Waals surface area (Å²) in [5, 5.41) is 3.29. The quantitative estimate of drug-likeness (QED) is 0.929. The first-order valence-electron chi connectivity index (χ1n) is 7.49. The van der Waals surface area contributed by atoms with Gasteiger partial charge in [0.15, 0.2) is 0 Å². The molecule has 0 amide bonds. The van der Waals surface area contributed by atoms with E-state index in [1.165, 1.54) is 6.07 Å². The van der Waals surface area contributed by atoms with E-state index in [2.05, 4.69) is 10.3 Å². The molecule has 1 saturated heterocycles. The number of hydrogen-bond acceptors (Lipinski definition) is 3. The van der Waals surface area contributed by atoms with E-state index in [0.29, 0.717) is 0 Å². The van der Waals surface area contributed by atoms with Gasteiger partial charge in [0.05, 0.1) is 5.56 Å². The second kappa shape index (κ2) is 6.58. The highest BCUT2D eigenvalue weighted by Crippen LogP contribution is 2.33. The first-order chi connectivity index (χ1) is 11.0. The molecule has 0 spiro atoms. The van der Waals surface area contributed by atoms with Gasteiger partial charge in [-0.05, 0) is 24.6 Å². The Balaban J connectivity index is 1.81. The molecule has 0 bridgehead atoms. The number of rotatable bonds is 4. The number of hydrogen-bond donors (Lipinski definition) is 1. The van der Waals surface area contributed by atoms with Gasteiger partial charge >= 0.3 is 6.18 Å². The van der Waals surface area contributed by atoms with Gasteiger partial charge in [0.1, 0.15) is 6.10 Å². The minimum atomic E-state index is -4.39. The second-order valence-electron chi connectivity index (χ2n) is 5.58. The van der Waals surface area contributed by atoms with Gasteiger partial charge in [0.25, 0.3) is 0 Å². The second-order valence-corrected chi connectivity index (χ2v) is 5.58. The number of halogens is 3. The molecule has 6 heteroatoms. The Labute approximate surface area is 132 Å². The lowest BCUT2D eigenvalue weighted by Crippen LogP contribution is -2.21. The minimum absolute atomic E-state index is 0.207. The highest BCUT2D eigenvalue weighted by molar-refractivity contribution is 5.23. The summed E-state index contributed by atoms with van der Waals surface area (Å²) in [6, 6.07) is 12.0. The maximum atomic E-state index is 12.6. The summed E-state index contributed by atoms with van der Waals surface area (Å²) in [4.78, 5) is 3.82. The van der Waals surface area contributed by atoms with Gasteiger partial charge in [0.2, 0.25) is 5.88 Å². The summed E-state index contributed by atoms with van der Waals surface area (Å²) in [5.74, 6) is 0.472. The summed E-state index contributed by atoms with van der Waals surface area (Å²) in [5.41, 5.74) is 0.228. The first kappa shape index (κ1) is 15.8. The molecule has 0 radical (unpaired) electrons. The standard InChI is InChI=1S/C17H17F3N2O/c18-17(19,20)14-6-7-15(22-11-14)23-16(13-8-9-21-10-13)12-4-2-1-3-5-12/h1-7,11,13,16,21H,8-10H2/t13-,16-/m1/s1. The van der Waals surface area contributed by atoms with Gasteiger partial charge in [0, 0.05) is 24.7 Å². The van der Waals surface area contributed by atoms with Crippen LogP contribution in [0.3, 0.4) is 0 Å². The number of benzene rings is 1. The SMILES string of the molecule is FC(F)(F)c1ccc(O[C@H](c2ccccc2)[C@@H]2CCNC2)nc1. The Kier molecular flexibility index (Phi) is 4.52. The van der Waals surface area contributed by atoms with Gasteiger partial charge in [-0.2, -0.15) is 13.2 Å². The Morgan fingerprint density at radius 1 is 1.13 bits per heavy atom. The molecule has 0 aliphatic carbocycles. The van der Waals surface area contributed by atoms with Gasteiger partial charge in [-0.25, -0.2) is 4.98 Å². The molecule has 1 aromatic carbocycles. The summed E-state index contributed by atoms with van der Waals surface area (Å²) in [6.07, 6.45) is -2.85. The molecule has 2 heterocycles. The molecule has 1 fully saturated rings. The zero-order valence-electron chi connectivity index (χ0n) is 12.4. The third-order valence-electron chi connectivity index (χ3n) is 3.97. The fourth-order valence-electron chi connectivity index (χ4n) is 2.76. The van der Waals surface area contributed by atoms with E-state index in [4.69, 9.17) is 4.74 Å². The van der Waals surface area contributed by atoms with Crippen LogP contribution >= 0.6 is 0 Å². The van der Waals surface area contributed by atoms with Crippen molar-refractivity contribution in [3.63, 3.8) is 0 Å². The number of aromatic nitrogens is 1. The van der Waals surface area contributed by atoms with Crippen LogP contribution in [0.15, 0.2) is 48.7 Å². The largest absolute Gasteiger partial charge is 0.469 e. The summed E-state index contributed by atoms with van der Waals surface area (Å²) in [6.45, 7) is 1.73. The van der Waals surface area contributed by atoms with E-state index in [9.17, 15) is 13.2 Å². The molecule has 3 nitrogen and oxygen atoms in total. The number of pyridine rings is 1. The predicted molar refractivity (Wildman–Crippen MR) is 80.0 cm³/mol. The fourth-order valence-corrected chi connectivity index (χ4v) is 2.76. The number of alkyl halides is 3. The zero-order chi connectivity index (χ0) is 16.3. The first-order valence-corrected chi connectivity index (χ1v) is 7.49. The normalized spacial score (nSPS) is 19.5. The maximum Gasteiger partial charge on any atom is 0.417 e. The van der Waals surface area contributed by atoms with Crippen molar-refractivity contribution in [2.24, 2.45) is 5.92 Å². The van der Waals surface area contributed by atoms with Crippen molar-refractivity contribution in [1.82, 2.24) is 10.3 Å². The van der Waals surface area contributed by atoms with E-state index >= 15 is 0 Å². The lowest BCUT2D eigenvalue weighted by molar-refractivity contribution is -0.137. The van der Waals surface area contributed by atoms with E-state index in [1.54, 1.807) is 0 Å². The van der Waals surface area contributed by atoms with Crippen LogP contribution < -0.4 is 10.1 Å². The Morgan fingerprint density at radius 2 is 1.91 bits per heavy atom. The molecule has 1 aromatic heterocycles. The molecule has 2 atom stereocenters. The lowest BCUT2D eigenvalue weighted by Gasteiger charge is -2.24. The molecule has 0 saturated carbocycles. The highest BCUT2D eigenvalue weighted by Gasteiger charge is 2.32. The van der Waals surface area contributed by atoms with Crippen LogP contribution in [0.2, 0.25) is 0 Å². The van der Waals surface area contributed by atoms with Crippen molar-refractivity contribution >= 4 is 0 Å². The van der Waals surface area contributed by atoms with Crippen molar-refractivity contribution in [1.29, 1.82) is 0 Å². The third-order valence-corrected chi connectivity index (χ3v) is 3.97. The molecule has 1 aliphatic rings. The van der Waals surface area contributed by atoms with Crippen LogP contribution in [-0.2, 0) is 6.18 Å². The van der Waals surface area contributed by atoms with Gasteiger partial charge in [-0.1, -0.05) is 30.3 Å². The highest BCUT2D eigenvalue weighted by atomic mass is 19.4. The third kappa shape index (κ3) is 3.82. The number of nitrogens with zero attached hydrogens (tertiary/aromatic N) is 1. The van der Waals surface area contributed by atoms with Crippen molar-refractivity contribution in [3.8, 4) is 5.88 Å². The fraction of sp³-hybridized carbons (Fsp3) is 0.353. The molecular formula is C17H17F3N2O. The van der Waals surface area contributed by atoms with Crippen molar-refractivity contribution < 1.29 is 17.9 Å². The lowest BCUT2D eigenvalue weighted by atomic mass is 9.95. The molecule has 0 unspecified atom stereocenters. The molecular weight excluding hydrogens is 305 g/mol. The molecule has 1 N–H and O–H groups in total. The Bertz CT molecular complexity index is 623. The monoisotopic (exact) mass is 322 g/mol. The van der Waals surface area contributed by atoms with E-state index in [0.717, 1.165) is 37.3 Å². The molecule has 23 heavy (non-hydrogen) atoms. The summed E-state index contributed by atoms with van der Waals surface area (Å²) >= 11 is 0. The Morgan fingerprint density at radius 3 is 2.48 bits per heavy atom. The summed E-state index contributed by atoms with van der Waals surface area (Å²) in [7, 11) is 0. The smallest absolute Gasteiger partial charge is 0.417 e. The average molecular weight is 322 g/mol. The Hall–Kier alpha value is -2.08. The molecule has 1 aliphatic heterocycles. The topological polar surface area (TPSA) is 34.1 Å². The van der Waals surface area contributed by atoms with E-state index < -0.39 is 11.7 Å². The van der Waals surface area contributed by atoms with Crippen LogP contribution in [0.1, 0.15) is 23.7 Å². The van der Waals surface area contributed by atoms with Crippen LogP contribution in [-0.4, -0.2) is 18.1 Å². The van der Waals surface area contributed by atoms with Crippen molar-refractivity contribution in [3.05, 3.63) is 59.8 Å². The van der Waals surface area contributed by atoms with Gasteiger partial charge < -0.3 is 10.1 Å². The zero-order valence-corrected chi connectivity index (χ0v) is 12.4. The van der Waals surface area contributed by atoms with Crippen molar-refractivity contribution in [2.75, 3.05) is 13.1 Å². The van der Waals surface area contributed by atoms with Crippen LogP contribution in [0.4, 0.5) is 13.2 Å². The van der Waals surface area contributed by atoms with Crippen LogP contribution in [0.5, 0.6) is 5.88 Å². The van der Waals surface area contributed by atoms with Crippen molar-refractivity contribution in [2.45, 2.75) is 18.7 Å². The average Bonchev–Trinajstić information content (AvgIpc) is 3.07. The van der Waals surface area contributed by atoms with E-state index in [-0.39, 0.29) is 17.9 Å². The summed E-state index contributed by atoms with van der Waals surface area (Å²) < 4.78 is 43.7. The maximum absolute atomic E-state index is 12.6. The molecule has 2 aromatic rings. The van der Waals surface area contributed by atoms with E-state index in [1.807, 2.05) is 30.3 Å². The van der Waals surface area contributed by atoms with Gasteiger partial charge in [-0.15, -0.1) is 0 Å². The molecule has 3 rings (SSSR count). The number of ether oxygens (including phenoxy) is 1. The number of nitrogens with one attached hydrogen (secondary N) is 1.